The van der Waals surface area contributed by atoms with Crippen molar-refractivity contribution in [3.8, 4) is 0 Å². The first-order valence-electron chi connectivity index (χ1n) is 38.6. The van der Waals surface area contributed by atoms with E-state index in [9.17, 15) is 52.5 Å². The molecule has 6 unspecified atom stereocenters. The molecular weight excluding hydrogens is 1340 g/mol. The molecule has 576 valence electrons. The van der Waals surface area contributed by atoms with Crippen molar-refractivity contribution in [3.63, 3.8) is 0 Å². The van der Waals surface area contributed by atoms with E-state index in [2.05, 4.69) is 55.9 Å². The molecule has 0 aromatic heterocycles. The van der Waals surface area contributed by atoms with Gasteiger partial charge in [-0.2, -0.15) is 0 Å². The predicted molar refractivity (Wildman–Crippen MR) is 382 cm³/mol. The summed E-state index contributed by atoms with van der Waals surface area (Å²) in [6.07, 6.45) is 41.3. The van der Waals surface area contributed by atoms with Crippen LogP contribution in [0.2, 0.25) is 0 Å². The third kappa shape index (κ3) is 70.9. The molecule has 4 N–H and O–H groups in total. The largest absolute Gasteiger partial charge is 1.00 e. The van der Waals surface area contributed by atoms with Gasteiger partial charge in [-0.3, -0.25) is 37.9 Å². The quantitative estimate of drug-likeness (QED) is 0.0145. The van der Waals surface area contributed by atoms with Gasteiger partial charge in [0.2, 0.25) is 11.8 Å². The van der Waals surface area contributed by atoms with Crippen molar-refractivity contribution in [3.05, 3.63) is 0 Å². The van der Waals surface area contributed by atoms with Crippen molar-refractivity contribution in [2.24, 2.45) is 0 Å². The molecule has 6 atom stereocenters. The summed E-state index contributed by atoms with van der Waals surface area (Å²) < 4.78 is 69.4. The summed E-state index contributed by atoms with van der Waals surface area (Å²) in [7, 11) is -10.1. The number of carbonyl (C=O) groups excluding carboxylic acids is 7. The van der Waals surface area contributed by atoms with Crippen LogP contribution in [0.3, 0.4) is 0 Å². The third-order valence-electron chi connectivity index (χ3n) is 16.9. The molecule has 0 aliphatic heterocycles. The summed E-state index contributed by atoms with van der Waals surface area (Å²) in [6, 6.07) is -2.86. The average molecular weight is 1480 g/mol. The Bertz CT molecular complexity index is 2110. The molecule has 0 saturated heterocycles. The topological polar surface area (TPSA) is 322 Å². The maximum Gasteiger partial charge on any atom is 1.00 e. The van der Waals surface area contributed by atoms with Gasteiger partial charge in [0, 0.05) is 52.1 Å². The summed E-state index contributed by atoms with van der Waals surface area (Å²) in [5.74, 6) is -2.38. The smallest absolute Gasteiger partial charge is 0.756 e. The zero-order valence-corrected chi connectivity index (χ0v) is 69.8. The Morgan fingerprint density at radius 2 is 0.660 bits per heavy atom. The first kappa shape index (κ1) is 103. The van der Waals surface area contributed by atoms with Gasteiger partial charge in [-0.1, -0.05) is 240 Å². The first-order valence-corrected chi connectivity index (χ1v) is 41.6. The second kappa shape index (κ2) is 73.2. The molecule has 0 saturated carbocycles. The van der Waals surface area contributed by atoms with E-state index in [4.69, 9.17) is 37.0 Å². The van der Waals surface area contributed by atoms with E-state index >= 15 is 0 Å². The number of hydrogen-bond acceptors (Lipinski definition) is 19. The van der Waals surface area contributed by atoms with Crippen LogP contribution >= 0.6 is 15.6 Å². The number of phosphoric acid groups is 2. The number of Topliss-reactive ketones (excluding diaryl/α,β-unsaturated/α-hetero) is 2. The van der Waals surface area contributed by atoms with E-state index in [1.54, 1.807) is 0 Å². The molecule has 100 heavy (non-hydrogen) atoms. The summed E-state index contributed by atoms with van der Waals surface area (Å²) in [4.78, 5) is 115. The minimum absolute atomic E-state index is 0. The molecule has 0 aliphatic carbocycles. The number of phosphoric ester groups is 2. The van der Waals surface area contributed by atoms with Gasteiger partial charge in [-0.05, 0) is 44.9 Å². The molecule has 0 spiro atoms. The van der Waals surface area contributed by atoms with Crippen LogP contribution < -0.4 is 90.2 Å². The van der Waals surface area contributed by atoms with Crippen molar-refractivity contribution in [1.82, 2.24) is 21.3 Å². The molecule has 27 heteroatoms. The molecule has 0 fully saturated rings. The van der Waals surface area contributed by atoms with E-state index in [0.717, 1.165) is 141 Å². The Kier molecular flexibility index (Phi) is 75.2. The number of ether oxygens (including phenoxy) is 4. The zero-order chi connectivity index (χ0) is 72.4. The Morgan fingerprint density at radius 3 is 0.990 bits per heavy atom. The molecule has 0 aromatic rings. The fraction of sp³-hybridized carbons (Fsp3) is 0.904. The molecule has 0 heterocycles. The minimum Gasteiger partial charge on any atom is -0.756 e. The Labute approximate surface area is 649 Å². The summed E-state index contributed by atoms with van der Waals surface area (Å²) in [6.45, 7) is 9.07. The summed E-state index contributed by atoms with van der Waals surface area (Å²) in [5, 5.41) is 10.1. The maximum atomic E-state index is 13.2. The molecule has 0 aliphatic rings. The number of amides is 4. The van der Waals surface area contributed by atoms with Crippen LogP contribution in [0.5, 0.6) is 0 Å². The normalized spacial score (nSPS) is 13.7. The van der Waals surface area contributed by atoms with E-state index < -0.39 is 90.8 Å². The van der Waals surface area contributed by atoms with E-state index in [1.165, 1.54) is 90.4 Å². The zero-order valence-electron chi connectivity index (χ0n) is 64.1. The molecule has 23 nitrogen and oxygen atoms in total. The minimum atomic E-state index is -5.05. The van der Waals surface area contributed by atoms with Gasteiger partial charge in [-0.25, -0.2) is 4.79 Å². The second-order valence-corrected chi connectivity index (χ2v) is 29.3. The monoisotopic (exact) mass is 1480 g/mol. The van der Waals surface area contributed by atoms with Crippen LogP contribution in [0, 0.1) is 0 Å². The standard InChI is InChI=1S/C73H140N4O19P2.2Na/c1-7-12-17-22-25-28-31-36-39-44-66(79)57-70(81)76-64(59-89-53-49-68(95-63(6)78)46-41-34-20-15-10-4)61-93-97(85,86)91-55-51-74-73(84)75-52-56-92-98(87,88)94-62-65(77-71(82)58-67(80)45-40-37-32-29-26-23-18-13-8-2)60-90-54-50-69(47-42-35-21-16-11-5)96-72(83)48-43-38-33-30-27-24-19-14-9-3;;/h64-65,68-69H,7-62H2,1-6H3,(H,76,81)(H,77,82)(H,85,86)(H,87,88)(H2,74,75,84);;/q;2*+1/p-2. The number of nitrogens with one attached hydrogen (secondary N) is 4. The number of carbonyl (C=O) groups is 7. The van der Waals surface area contributed by atoms with Gasteiger partial charge in [0.25, 0.3) is 15.6 Å². The third-order valence-corrected chi connectivity index (χ3v) is 18.8. The summed E-state index contributed by atoms with van der Waals surface area (Å²) in [5.41, 5.74) is 0. The van der Waals surface area contributed by atoms with Crippen LogP contribution in [0.15, 0.2) is 0 Å². The van der Waals surface area contributed by atoms with E-state index in [-0.39, 0.29) is 141 Å². The van der Waals surface area contributed by atoms with Crippen molar-refractivity contribution in [2.45, 2.75) is 361 Å². The van der Waals surface area contributed by atoms with Crippen LogP contribution in [0.25, 0.3) is 0 Å². The van der Waals surface area contributed by atoms with Gasteiger partial charge >= 0.3 is 77.1 Å². The average Bonchev–Trinajstić information content (AvgIpc) is 0.957. The number of hydrogen-bond donors (Lipinski definition) is 4. The molecule has 0 aromatic carbocycles. The Morgan fingerprint density at radius 1 is 0.360 bits per heavy atom. The Hall–Kier alpha value is -1.37. The molecule has 0 bridgehead atoms. The van der Waals surface area contributed by atoms with Gasteiger partial charge in [0.1, 0.15) is 23.8 Å². The molecule has 0 rings (SSSR count). The van der Waals surface area contributed by atoms with Crippen molar-refractivity contribution < 1.29 is 149 Å². The molecular formula is C73H138N4Na2O19P2. The molecule has 0 radical (unpaired) electrons. The molecule has 4 amide bonds. The Balaban J connectivity index is -0.0000470. The first-order chi connectivity index (χ1) is 47.3. The number of rotatable bonds is 74. The van der Waals surface area contributed by atoms with Crippen LogP contribution in [0.4, 0.5) is 4.79 Å². The van der Waals surface area contributed by atoms with Gasteiger partial charge in [0.05, 0.1) is 77.8 Å². The van der Waals surface area contributed by atoms with Crippen molar-refractivity contribution >= 4 is 57.0 Å². The van der Waals surface area contributed by atoms with Gasteiger partial charge in [-0.15, -0.1) is 0 Å². The van der Waals surface area contributed by atoms with Crippen molar-refractivity contribution in [1.29, 1.82) is 0 Å². The fourth-order valence-corrected chi connectivity index (χ4v) is 12.7. The maximum absolute atomic E-state index is 13.2. The van der Waals surface area contributed by atoms with Crippen molar-refractivity contribution in [2.75, 3.05) is 65.9 Å². The summed E-state index contributed by atoms with van der Waals surface area (Å²) >= 11 is 0. The predicted octanol–water partition coefficient (Wildman–Crippen LogP) is 9.33. The number of unbranched alkanes of at least 4 members (excludes halogenated alkanes) is 32. The number of ketones is 2. The van der Waals surface area contributed by atoms with Crippen LogP contribution in [0.1, 0.15) is 337 Å². The van der Waals surface area contributed by atoms with Gasteiger partial charge in [0.15, 0.2) is 0 Å². The SMILES string of the molecule is CCCCCCCCCCCC(=O)CC(=O)NC(COCCC(CCCCCCC)OC(C)=O)COP(=O)([O-])OCCNC(=O)NCCOP(=O)([O-])OCC(COCCC(CCCCCCC)OC(=O)CCCCCCCCCCC)NC(=O)CC(=O)CCCCCCCCCCC.[Na+].[Na+]. The number of urea groups is 1. The van der Waals surface area contributed by atoms with Gasteiger partial charge < -0.3 is 68.1 Å². The van der Waals surface area contributed by atoms with E-state index in [0.29, 0.717) is 44.9 Å². The fourth-order valence-electron chi connectivity index (χ4n) is 11.2. The van der Waals surface area contributed by atoms with Crippen LogP contribution in [-0.4, -0.2) is 132 Å². The van der Waals surface area contributed by atoms with Crippen LogP contribution in [-0.2, 0) is 74.9 Å². The van der Waals surface area contributed by atoms with E-state index in [1.807, 2.05) is 0 Å². The number of esters is 2. The second-order valence-electron chi connectivity index (χ2n) is 26.5.